The molecule has 1 N–H and O–H groups in total. The van der Waals surface area contributed by atoms with Crippen molar-refractivity contribution < 1.29 is 9.47 Å². The van der Waals surface area contributed by atoms with Crippen LogP contribution in [-0.2, 0) is 6.54 Å². The molecule has 0 unspecified atom stereocenters. The normalized spacial score (nSPS) is 19.3. The molecule has 1 aliphatic heterocycles. The summed E-state index contributed by atoms with van der Waals surface area (Å²) >= 11 is 2.30. The van der Waals surface area contributed by atoms with Gasteiger partial charge in [0.1, 0.15) is 0 Å². The van der Waals surface area contributed by atoms with Gasteiger partial charge in [-0.3, -0.25) is 4.90 Å². The summed E-state index contributed by atoms with van der Waals surface area (Å²) in [5.74, 6) is 1.63. The van der Waals surface area contributed by atoms with Gasteiger partial charge in [0, 0.05) is 32.2 Å². The average Bonchev–Trinajstić information content (AvgIpc) is 2.38. The first kappa shape index (κ1) is 17.8. The Bertz CT molecular complexity index is 445. The summed E-state index contributed by atoms with van der Waals surface area (Å²) in [7, 11) is 3.36. The van der Waals surface area contributed by atoms with Gasteiger partial charge in [0.25, 0.3) is 0 Å². The summed E-state index contributed by atoms with van der Waals surface area (Å²) in [6.45, 7) is 6.43. The van der Waals surface area contributed by atoms with E-state index in [1.54, 1.807) is 14.2 Å². The Morgan fingerprint density at radius 3 is 2.70 bits per heavy atom. The van der Waals surface area contributed by atoms with Gasteiger partial charge in [-0.25, -0.2) is 0 Å². The lowest BCUT2D eigenvalue weighted by molar-refractivity contribution is 0.199. The molecule has 0 aromatic heterocycles. The predicted molar refractivity (Wildman–Crippen MR) is 92.3 cm³/mol. The van der Waals surface area contributed by atoms with Gasteiger partial charge in [-0.15, -0.1) is 12.4 Å². The van der Waals surface area contributed by atoms with Gasteiger partial charge in [-0.2, -0.15) is 0 Å². The molecule has 1 saturated heterocycles. The van der Waals surface area contributed by atoms with E-state index < -0.39 is 0 Å². The molecule has 114 valence electrons. The summed E-state index contributed by atoms with van der Waals surface area (Å²) < 4.78 is 11.9. The van der Waals surface area contributed by atoms with Crippen molar-refractivity contribution in [2.24, 2.45) is 0 Å². The number of nitrogens with zero attached hydrogens (tertiary/aromatic N) is 1. The molecule has 4 nitrogen and oxygen atoms in total. The van der Waals surface area contributed by atoms with Crippen molar-refractivity contribution in [3.8, 4) is 11.5 Å². The molecule has 1 aliphatic rings. The molecule has 1 heterocycles. The number of halogens is 2. The van der Waals surface area contributed by atoms with Crippen LogP contribution in [0.4, 0.5) is 0 Å². The van der Waals surface area contributed by atoms with E-state index in [9.17, 15) is 0 Å². The fraction of sp³-hybridized carbons (Fsp3) is 0.571. The first-order valence-corrected chi connectivity index (χ1v) is 7.58. The largest absolute Gasteiger partial charge is 0.493 e. The number of hydrogen-bond acceptors (Lipinski definition) is 4. The number of ether oxygens (including phenoxy) is 2. The maximum Gasteiger partial charge on any atom is 0.174 e. The van der Waals surface area contributed by atoms with E-state index in [0.717, 1.165) is 41.2 Å². The summed E-state index contributed by atoms with van der Waals surface area (Å²) in [5, 5.41) is 3.46. The van der Waals surface area contributed by atoms with Crippen LogP contribution in [0.15, 0.2) is 12.1 Å². The summed E-state index contributed by atoms with van der Waals surface area (Å²) in [4.78, 5) is 2.47. The van der Waals surface area contributed by atoms with Gasteiger partial charge in [-0.1, -0.05) is 0 Å². The molecule has 0 radical (unpaired) electrons. The van der Waals surface area contributed by atoms with Crippen LogP contribution in [0, 0.1) is 3.57 Å². The Labute approximate surface area is 140 Å². The van der Waals surface area contributed by atoms with Crippen LogP contribution in [0.2, 0.25) is 0 Å². The van der Waals surface area contributed by atoms with Gasteiger partial charge in [-0.05, 0) is 47.2 Å². The highest BCUT2D eigenvalue weighted by atomic mass is 127. The molecule has 0 amide bonds. The van der Waals surface area contributed by atoms with Gasteiger partial charge in [0.05, 0.1) is 17.8 Å². The minimum absolute atomic E-state index is 0. The highest BCUT2D eigenvalue weighted by Crippen LogP contribution is 2.33. The van der Waals surface area contributed by atoms with Crippen LogP contribution in [0.25, 0.3) is 0 Å². The molecule has 1 aromatic carbocycles. The molecule has 0 aliphatic carbocycles. The maximum atomic E-state index is 5.41. The number of rotatable bonds is 4. The Balaban J connectivity index is 0.00000200. The Morgan fingerprint density at radius 2 is 2.10 bits per heavy atom. The lowest BCUT2D eigenvalue weighted by atomic mass is 10.1. The third-order valence-electron chi connectivity index (χ3n) is 3.35. The van der Waals surface area contributed by atoms with Crippen molar-refractivity contribution in [3.63, 3.8) is 0 Å². The lowest BCUT2D eigenvalue weighted by Gasteiger charge is -2.32. The zero-order chi connectivity index (χ0) is 13.8. The summed E-state index contributed by atoms with van der Waals surface area (Å²) in [5.41, 5.74) is 1.27. The van der Waals surface area contributed by atoms with Crippen molar-refractivity contribution in [1.82, 2.24) is 10.2 Å². The van der Waals surface area contributed by atoms with Crippen LogP contribution in [0.3, 0.4) is 0 Å². The Hall–Kier alpha value is -0.240. The van der Waals surface area contributed by atoms with Crippen LogP contribution in [0.5, 0.6) is 11.5 Å². The van der Waals surface area contributed by atoms with E-state index in [2.05, 4.69) is 51.9 Å². The van der Waals surface area contributed by atoms with E-state index in [-0.39, 0.29) is 12.4 Å². The molecule has 0 spiro atoms. The molecule has 0 bridgehead atoms. The first-order chi connectivity index (χ1) is 9.13. The fourth-order valence-corrected chi connectivity index (χ4v) is 3.36. The number of nitrogens with one attached hydrogen (secondary N) is 1. The van der Waals surface area contributed by atoms with Crippen molar-refractivity contribution in [2.45, 2.75) is 19.5 Å². The van der Waals surface area contributed by atoms with E-state index in [1.165, 1.54) is 5.56 Å². The minimum atomic E-state index is 0. The fourth-order valence-electron chi connectivity index (χ4n) is 2.48. The highest BCUT2D eigenvalue weighted by Gasteiger charge is 2.17. The van der Waals surface area contributed by atoms with Gasteiger partial charge < -0.3 is 14.8 Å². The number of benzene rings is 1. The second kappa shape index (κ2) is 8.26. The Morgan fingerprint density at radius 1 is 1.35 bits per heavy atom. The minimum Gasteiger partial charge on any atom is -0.493 e. The van der Waals surface area contributed by atoms with Crippen molar-refractivity contribution in [3.05, 3.63) is 21.3 Å². The quantitative estimate of drug-likeness (QED) is 0.771. The molecule has 1 atom stereocenters. The summed E-state index contributed by atoms with van der Waals surface area (Å²) in [6.07, 6.45) is 0. The van der Waals surface area contributed by atoms with E-state index in [4.69, 9.17) is 9.47 Å². The van der Waals surface area contributed by atoms with Crippen molar-refractivity contribution >= 4 is 35.0 Å². The standard InChI is InChI=1S/C14H21IN2O2.ClH/c1-10-8-17(5-4-16-10)9-11-6-12(15)14(19-3)13(7-11)18-2;/h6-7,10,16H,4-5,8-9H2,1-3H3;1H/t10-;/m1./s1. The van der Waals surface area contributed by atoms with Crippen LogP contribution in [-0.4, -0.2) is 44.8 Å². The van der Waals surface area contributed by atoms with Crippen LogP contribution in [0.1, 0.15) is 12.5 Å². The van der Waals surface area contributed by atoms with Crippen molar-refractivity contribution in [1.29, 1.82) is 0 Å². The first-order valence-electron chi connectivity index (χ1n) is 6.50. The van der Waals surface area contributed by atoms with Gasteiger partial charge >= 0.3 is 0 Å². The summed E-state index contributed by atoms with van der Waals surface area (Å²) in [6, 6.07) is 4.82. The van der Waals surface area contributed by atoms with E-state index >= 15 is 0 Å². The number of methoxy groups -OCH3 is 2. The predicted octanol–water partition coefficient (Wildman–Crippen LogP) is 2.52. The van der Waals surface area contributed by atoms with E-state index in [0.29, 0.717) is 6.04 Å². The SMILES string of the molecule is COc1cc(CN2CCN[C@H](C)C2)cc(I)c1OC.Cl. The zero-order valence-corrected chi connectivity index (χ0v) is 15.1. The smallest absolute Gasteiger partial charge is 0.174 e. The van der Waals surface area contributed by atoms with Crippen molar-refractivity contribution in [2.75, 3.05) is 33.9 Å². The maximum absolute atomic E-state index is 5.41. The molecule has 2 rings (SSSR count). The molecular weight excluding hydrogens is 391 g/mol. The third-order valence-corrected chi connectivity index (χ3v) is 4.15. The highest BCUT2D eigenvalue weighted by molar-refractivity contribution is 14.1. The molecule has 20 heavy (non-hydrogen) atoms. The monoisotopic (exact) mass is 412 g/mol. The topological polar surface area (TPSA) is 33.7 Å². The molecule has 1 fully saturated rings. The number of piperazine rings is 1. The molecular formula is C14H22ClIN2O2. The molecule has 6 heteroatoms. The van der Waals surface area contributed by atoms with Crippen LogP contribution >= 0.6 is 35.0 Å². The second-order valence-corrected chi connectivity index (χ2v) is 6.07. The third kappa shape index (κ3) is 4.38. The number of hydrogen-bond donors (Lipinski definition) is 1. The van der Waals surface area contributed by atoms with Crippen LogP contribution < -0.4 is 14.8 Å². The van der Waals surface area contributed by atoms with Gasteiger partial charge in [0.2, 0.25) is 0 Å². The second-order valence-electron chi connectivity index (χ2n) is 4.90. The molecule has 1 aromatic rings. The average molecular weight is 413 g/mol. The van der Waals surface area contributed by atoms with E-state index in [1.807, 2.05) is 0 Å². The Kier molecular flexibility index (Phi) is 7.36. The zero-order valence-electron chi connectivity index (χ0n) is 12.1. The molecule has 0 saturated carbocycles. The lowest BCUT2D eigenvalue weighted by Crippen LogP contribution is -2.48. The van der Waals surface area contributed by atoms with Gasteiger partial charge in [0.15, 0.2) is 11.5 Å².